The molecule has 13 heavy (non-hydrogen) atoms. The van der Waals surface area contributed by atoms with E-state index in [9.17, 15) is 0 Å². The van der Waals surface area contributed by atoms with E-state index in [2.05, 4.69) is 20.8 Å². The van der Waals surface area contributed by atoms with Gasteiger partial charge in [0.2, 0.25) is 0 Å². The van der Waals surface area contributed by atoms with Gasteiger partial charge in [-0.3, -0.25) is 0 Å². The highest BCUT2D eigenvalue weighted by atomic mass is 14.7. The quantitative estimate of drug-likeness (QED) is 0.711. The second kappa shape index (κ2) is 4.99. The molecule has 0 amide bonds. The van der Waals surface area contributed by atoms with Crippen molar-refractivity contribution in [3.05, 3.63) is 0 Å². The minimum Gasteiger partial charge on any atom is -0.327 e. The summed E-state index contributed by atoms with van der Waals surface area (Å²) in [6.45, 7) is 6.93. The molecule has 0 heterocycles. The number of hydrogen-bond donors (Lipinski definition) is 1. The molecule has 0 radical (unpaired) electrons. The van der Waals surface area contributed by atoms with Crippen LogP contribution in [0.3, 0.4) is 0 Å². The molecule has 0 spiro atoms. The lowest BCUT2D eigenvalue weighted by atomic mass is 9.89. The van der Waals surface area contributed by atoms with Crippen molar-refractivity contribution in [1.29, 1.82) is 0 Å². The Morgan fingerprint density at radius 1 is 1.38 bits per heavy atom. The fraction of sp³-hybridized carbons (Fsp3) is 1.00. The molecule has 1 nitrogen and oxygen atoms in total. The first-order valence-electron chi connectivity index (χ1n) is 5.89. The Balaban J connectivity index is 2.27. The number of rotatable bonds is 4. The Bertz CT molecular complexity index is 144. The number of nitrogens with two attached hydrogens (primary N) is 1. The molecule has 1 saturated carbocycles. The highest BCUT2D eigenvalue weighted by Crippen LogP contribution is 2.33. The molecule has 1 rings (SSSR count). The molecule has 0 aliphatic heterocycles. The van der Waals surface area contributed by atoms with E-state index in [0.29, 0.717) is 6.04 Å². The molecule has 1 heteroatoms. The lowest BCUT2D eigenvalue weighted by molar-refractivity contribution is 0.345. The fourth-order valence-corrected chi connectivity index (χ4v) is 2.46. The maximum atomic E-state index is 6.22. The predicted octanol–water partition coefficient (Wildman–Crippen LogP) is 3.19. The normalized spacial score (nSPS) is 33.2. The summed E-state index contributed by atoms with van der Waals surface area (Å²) in [4.78, 5) is 0. The van der Waals surface area contributed by atoms with E-state index in [1.165, 1.54) is 32.1 Å². The summed E-state index contributed by atoms with van der Waals surface area (Å²) in [5.41, 5.74) is 6.22. The van der Waals surface area contributed by atoms with Gasteiger partial charge in [-0.15, -0.1) is 0 Å². The van der Waals surface area contributed by atoms with Crippen LogP contribution in [0.2, 0.25) is 0 Å². The SMILES string of the molecule is CCC(C)CC(N)C1CCC(C)C1. The van der Waals surface area contributed by atoms with E-state index in [1.807, 2.05) is 0 Å². The van der Waals surface area contributed by atoms with Gasteiger partial charge in [-0.25, -0.2) is 0 Å². The van der Waals surface area contributed by atoms with Crippen LogP contribution in [0.15, 0.2) is 0 Å². The molecule has 1 aliphatic carbocycles. The van der Waals surface area contributed by atoms with Crippen LogP contribution in [0.4, 0.5) is 0 Å². The minimum absolute atomic E-state index is 0.472. The Labute approximate surface area is 83.1 Å². The molecular weight excluding hydrogens is 158 g/mol. The van der Waals surface area contributed by atoms with Gasteiger partial charge in [0.05, 0.1) is 0 Å². The first-order valence-corrected chi connectivity index (χ1v) is 5.89. The molecule has 0 aromatic carbocycles. The minimum atomic E-state index is 0.472. The second-order valence-electron chi connectivity index (χ2n) is 5.09. The van der Waals surface area contributed by atoms with Gasteiger partial charge >= 0.3 is 0 Å². The summed E-state index contributed by atoms with van der Waals surface area (Å²) in [7, 11) is 0. The van der Waals surface area contributed by atoms with E-state index in [4.69, 9.17) is 5.73 Å². The molecule has 78 valence electrons. The van der Waals surface area contributed by atoms with Crippen molar-refractivity contribution < 1.29 is 0 Å². The van der Waals surface area contributed by atoms with Crippen molar-refractivity contribution in [3.63, 3.8) is 0 Å². The van der Waals surface area contributed by atoms with Gasteiger partial charge in [0, 0.05) is 6.04 Å². The van der Waals surface area contributed by atoms with Crippen LogP contribution in [0.1, 0.15) is 52.9 Å². The monoisotopic (exact) mass is 183 g/mol. The van der Waals surface area contributed by atoms with Crippen LogP contribution in [0, 0.1) is 17.8 Å². The second-order valence-corrected chi connectivity index (χ2v) is 5.09. The zero-order valence-electron chi connectivity index (χ0n) is 9.42. The summed E-state index contributed by atoms with van der Waals surface area (Å²) in [5.74, 6) is 2.56. The zero-order valence-corrected chi connectivity index (χ0v) is 9.42. The van der Waals surface area contributed by atoms with E-state index >= 15 is 0 Å². The van der Waals surface area contributed by atoms with Gasteiger partial charge in [-0.2, -0.15) is 0 Å². The van der Waals surface area contributed by atoms with E-state index in [1.54, 1.807) is 0 Å². The maximum absolute atomic E-state index is 6.22. The Kier molecular flexibility index (Phi) is 4.24. The molecule has 1 aliphatic rings. The molecule has 0 saturated heterocycles. The van der Waals surface area contributed by atoms with Crippen molar-refractivity contribution in [1.82, 2.24) is 0 Å². The van der Waals surface area contributed by atoms with Crippen LogP contribution in [0.5, 0.6) is 0 Å². The zero-order chi connectivity index (χ0) is 9.84. The molecule has 4 atom stereocenters. The van der Waals surface area contributed by atoms with Gasteiger partial charge in [-0.1, -0.05) is 33.6 Å². The molecule has 0 bridgehead atoms. The van der Waals surface area contributed by atoms with Crippen LogP contribution in [-0.4, -0.2) is 6.04 Å². The van der Waals surface area contributed by atoms with Crippen molar-refractivity contribution in [3.8, 4) is 0 Å². The molecule has 0 aromatic heterocycles. The average molecular weight is 183 g/mol. The standard InChI is InChI=1S/C12H25N/c1-4-9(2)8-12(13)11-6-5-10(3)7-11/h9-12H,4-8,13H2,1-3H3. The summed E-state index contributed by atoms with van der Waals surface area (Å²) in [6, 6.07) is 0.472. The van der Waals surface area contributed by atoms with Crippen LogP contribution < -0.4 is 5.73 Å². The Morgan fingerprint density at radius 2 is 2.08 bits per heavy atom. The third kappa shape index (κ3) is 3.30. The summed E-state index contributed by atoms with van der Waals surface area (Å²) in [6.07, 6.45) is 6.65. The van der Waals surface area contributed by atoms with Gasteiger partial charge in [0.1, 0.15) is 0 Å². The summed E-state index contributed by atoms with van der Waals surface area (Å²) < 4.78 is 0. The summed E-state index contributed by atoms with van der Waals surface area (Å²) in [5, 5.41) is 0. The third-order valence-electron chi connectivity index (χ3n) is 3.71. The first-order chi connectivity index (χ1) is 6.13. The van der Waals surface area contributed by atoms with Crippen LogP contribution in [0.25, 0.3) is 0 Å². The summed E-state index contributed by atoms with van der Waals surface area (Å²) >= 11 is 0. The highest BCUT2D eigenvalue weighted by molar-refractivity contribution is 4.81. The van der Waals surface area contributed by atoms with Crippen molar-refractivity contribution in [2.75, 3.05) is 0 Å². The van der Waals surface area contributed by atoms with Crippen LogP contribution in [-0.2, 0) is 0 Å². The van der Waals surface area contributed by atoms with Gasteiger partial charge < -0.3 is 5.73 Å². The van der Waals surface area contributed by atoms with Crippen molar-refractivity contribution >= 4 is 0 Å². The topological polar surface area (TPSA) is 26.0 Å². The third-order valence-corrected chi connectivity index (χ3v) is 3.71. The predicted molar refractivity (Wildman–Crippen MR) is 58.6 cm³/mol. The number of hydrogen-bond acceptors (Lipinski definition) is 1. The Morgan fingerprint density at radius 3 is 2.54 bits per heavy atom. The molecule has 0 aromatic rings. The Hall–Kier alpha value is -0.0400. The largest absolute Gasteiger partial charge is 0.327 e. The lowest BCUT2D eigenvalue weighted by Crippen LogP contribution is -2.30. The van der Waals surface area contributed by atoms with Crippen molar-refractivity contribution in [2.24, 2.45) is 23.5 Å². The molecular formula is C12H25N. The average Bonchev–Trinajstić information content (AvgIpc) is 2.51. The smallest absolute Gasteiger partial charge is 0.00697 e. The van der Waals surface area contributed by atoms with Gasteiger partial charge in [0.25, 0.3) is 0 Å². The van der Waals surface area contributed by atoms with Crippen molar-refractivity contribution in [2.45, 2.75) is 58.9 Å². The molecule has 1 fully saturated rings. The first kappa shape index (κ1) is 11.0. The van der Waals surface area contributed by atoms with Gasteiger partial charge in [0.15, 0.2) is 0 Å². The lowest BCUT2D eigenvalue weighted by Gasteiger charge is -2.22. The van der Waals surface area contributed by atoms with E-state index in [-0.39, 0.29) is 0 Å². The highest BCUT2D eigenvalue weighted by Gasteiger charge is 2.26. The van der Waals surface area contributed by atoms with E-state index in [0.717, 1.165) is 17.8 Å². The maximum Gasteiger partial charge on any atom is 0.00697 e. The van der Waals surface area contributed by atoms with E-state index < -0.39 is 0 Å². The fourth-order valence-electron chi connectivity index (χ4n) is 2.46. The molecule has 4 unspecified atom stereocenters. The van der Waals surface area contributed by atoms with Crippen LogP contribution >= 0.6 is 0 Å². The molecule has 2 N–H and O–H groups in total. The van der Waals surface area contributed by atoms with Gasteiger partial charge in [-0.05, 0) is 37.0 Å².